The maximum absolute atomic E-state index is 12.8. The van der Waals surface area contributed by atoms with Crippen LogP contribution in [0.3, 0.4) is 0 Å². The minimum Gasteiger partial charge on any atom is -0.338 e. The standard InChI is InChI=1S/C21H21F3N2O2/c1-14-5-2-6-15(11-14)20(28)26-10-4-7-16(13-26)19(27)25-18-9-3-8-17(12-18)21(22,23)24/h2-3,5-6,8-9,11-12,16H,4,7,10,13H2,1H3,(H,25,27)/t16-/m1/s1. The lowest BCUT2D eigenvalue weighted by Crippen LogP contribution is -2.43. The number of rotatable bonds is 3. The summed E-state index contributed by atoms with van der Waals surface area (Å²) in [6, 6.07) is 11.8. The molecule has 1 N–H and O–H groups in total. The third-order valence-corrected chi connectivity index (χ3v) is 4.80. The molecule has 7 heteroatoms. The van der Waals surface area contributed by atoms with Crippen molar-refractivity contribution < 1.29 is 22.8 Å². The molecular weight excluding hydrogens is 369 g/mol. The first kappa shape index (κ1) is 19.9. The fraction of sp³-hybridized carbons (Fsp3) is 0.333. The van der Waals surface area contributed by atoms with Crippen LogP contribution in [0, 0.1) is 12.8 Å². The third kappa shape index (κ3) is 4.71. The van der Waals surface area contributed by atoms with Gasteiger partial charge in [-0.25, -0.2) is 0 Å². The average molecular weight is 390 g/mol. The van der Waals surface area contributed by atoms with Gasteiger partial charge in [-0.15, -0.1) is 0 Å². The van der Waals surface area contributed by atoms with Gasteiger partial charge in [-0.2, -0.15) is 13.2 Å². The minimum absolute atomic E-state index is 0.0990. The van der Waals surface area contributed by atoms with Crippen molar-refractivity contribution in [2.45, 2.75) is 25.9 Å². The Kier molecular flexibility index (Phi) is 5.72. The van der Waals surface area contributed by atoms with Crippen molar-refractivity contribution in [3.8, 4) is 0 Å². The fourth-order valence-electron chi connectivity index (χ4n) is 3.35. The van der Waals surface area contributed by atoms with Gasteiger partial charge in [-0.1, -0.05) is 23.8 Å². The van der Waals surface area contributed by atoms with Crippen molar-refractivity contribution in [3.63, 3.8) is 0 Å². The number of halogens is 3. The highest BCUT2D eigenvalue weighted by Crippen LogP contribution is 2.31. The smallest absolute Gasteiger partial charge is 0.338 e. The van der Waals surface area contributed by atoms with Crippen LogP contribution in [-0.4, -0.2) is 29.8 Å². The molecule has 0 spiro atoms. The summed E-state index contributed by atoms with van der Waals surface area (Å²) >= 11 is 0. The number of alkyl halides is 3. The lowest BCUT2D eigenvalue weighted by atomic mass is 9.96. The van der Waals surface area contributed by atoms with Crippen LogP contribution < -0.4 is 5.32 Å². The van der Waals surface area contributed by atoms with Crippen LogP contribution in [0.1, 0.15) is 34.3 Å². The zero-order valence-electron chi connectivity index (χ0n) is 15.4. The summed E-state index contributed by atoms with van der Waals surface area (Å²) in [5.74, 6) is -0.974. The maximum atomic E-state index is 12.8. The highest BCUT2D eigenvalue weighted by Gasteiger charge is 2.32. The molecule has 4 nitrogen and oxygen atoms in total. The number of likely N-dealkylation sites (tertiary alicyclic amines) is 1. The number of hydrogen-bond donors (Lipinski definition) is 1. The Morgan fingerprint density at radius 1 is 1.11 bits per heavy atom. The van der Waals surface area contributed by atoms with Gasteiger partial charge < -0.3 is 10.2 Å². The van der Waals surface area contributed by atoms with E-state index in [1.165, 1.54) is 12.1 Å². The highest BCUT2D eigenvalue weighted by molar-refractivity contribution is 5.96. The SMILES string of the molecule is Cc1cccc(C(=O)N2CCC[C@@H](C(=O)Nc3cccc(C(F)(F)F)c3)C2)c1. The van der Waals surface area contributed by atoms with Gasteiger partial charge in [-0.3, -0.25) is 9.59 Å². The molecule has 2 amide bonds. The van der Waals surface area contributed by atoms with E-state index in [2.05, 4.69) is 5.32 Å². The van der Waals surface area contributed by atoms with Gasteiger partial charge in [0.05, 0.1) is 11.5 Å². The lowest BCUT2D eigenvalue weighted by Gasteiger charge is -2.32. The number of amides is 2. The number of anilines is 1. The Bertz CT molecular complexity index is 880. The molecule has 1 saturated heterocycles. The topological polar surface area (TPSA) is 49.4 Å². The van der Waals surface area contributed by atoms with Crippen molar-refractivity contribution in [3.05, 3.63) is 65.2 Å². The summed E-state index contributed by atoms with van der Waals surface area (Å²) in [6.45, 7) is 2.70. The predicted octanol–water partition coefficient (Wildman–Crippen LogP) is 4.50. The first-order valence-electron chi connectivity index (χ1n) is 9.08. The first-order chi connectivity index (χ1) is 13.2. The Morgan fingerprint density at radius 2 is 1.86 bits per heavy atom. The van der Waals surface area contributed by atoms with Gasteiger partial charge >= 0.3 is 6.18 Å². The van der Waals surface area contributed by atoms with E-state index in [1.54, 1.807) is 17.0 Å². The lowest BCUT2D eigenvalue weighted by molar-refractivity contribution is -0.137. The molecule has 2 aromatic rings. The molecule has 0 saturated carbocycles. The second-order valence-electron chi connectivity index (χ2n) is 7.03. The van der Waals surface area contributed by atoms with Crippen LogP contribution in [0.2, 0.25) is 0 Å². The molecule has 0 aromatic heterocycles. The molecule has 0 radical (unpaired) electrons. The number of nitrogens with one attached hydrogen (secondary N) is 1. The summed E-state index contributed by atoms with van der Waals surface area (Å²) in [6.07, 6.45) is -3.22. The van der Waals surface area contributed by atoms with Crippen LogP contribution in [-0.2, 0) is 11.0 Å². The van der Waals surface area contributed by atoms with E-state index in [0.717, 1.165) is 17.7 Å². The molecule has 1 aliphatic rings. The number of carbonyl (C=O) groups is 2. The second kappa shape index (κ2) is 8.04. The molecule has 2 aromatic carbocycles. The Labute approximate surface area is 161 Å². The van der Waals surface area contributed by atoms with E-state index >= 15 is 0 Å². The second-order valence-corrected chi connectivity index (χ2v) is 7.03. The Balaban J connectivity index is 1.67. The summed E-state index contributed by atoms with van der Waals surface area (Å²) in [7, 11) is 0. The van der Waals surface area contributed by atoms with Crippen LogP contribution in [0.25, 0.3) is 0 Å². The van der Waals surface area contributed by atoms with Gasteiger partial charge in [0.15, 0.2) is 0 Å². The Morgan fingerprint density at radius 3 is 2.57 bits per heavy atom. The molecule has 1 heterocycles. The van der Waals surface area contributed by atoms with Crippen molar-refractivity contribution in [1.82, 2.24) is 4.90 Å². The van der Waals surface area contributed by atoms with Crippen LogP contribution >= 0.6 is 0 Å². The van der Waals surface area contributed by atoms with Crippen molar-refractivity contribution in [2.75, 3.05) is 18.4 Å². The van der Waals surface area contributed by atoms with Crippen LogP contribution in [0.15, 0.2) is 48.5 Å². The number of hydrogen-bond acceptors (Lipinski definition) is 2. The van der Waals surface area contributed by atoms with Gasteiger partial charge in [0.1, 0.15) is 0 Å². The minimum atomic E-state index is -4.47. The summed E-state index contributed by atoms with van der Waals surface area (Å²) < 4.78 is 38.5. The van der Waals surface area contributed by atoms with Gasteiger partial charge in [0, 0.05) is 24.3 Å². The number of carbonyl (C=O) groups excluding carboxylic acids is 2. The Hall–Kier alpha value is -2.83. The molecule has 0 bridgehead atoms. The van der Waals surface area contributed by atoms with E-state index < -0.39 is 17.7 Å². The molecule has 0 aliphatic carbocycles. The molecule has 148 valence electrons. The maximum Gasteiger partial charge on any atom is 0.416 e. The molecule has 28 heavy (non-hydrogen) atoms. The quantitative estimate of drug-likeness (QED) is 0.839. The number of aryl methyl sites for hydroxylation is 1. The summed E-state index contributed by atoms with van der Waals surface area (Å²) in [4.78, 5) is 26.9. The van der Waals surface area contributed by atoms with Crippen LogP contribution in [0.4, 0.5) is 18.9 Å². The predicted molar refractivity (Wildman–Crippen MR) is 99.9 cm³/mol. The van der Waals surface area contributed by atoms with Gasteiger partial charge in [0.25, 0.3) is 5.91 Å². The highest BCUT2D eigenvalue weighted by atomic mass is 19.4. The average Bonchev–Trinajstić information content (AvgIpc) is 2.67. The normalized spacial score (nSPS) is 17.3. The zero-order valence-corrected chi connectivity index (χ0v) is 15.4. The number of piperidine rings is 1. The number of benzene rings is 2. The zero-order chi connectivity index (χ0) is 20.3. The molecule has 3 rings (SSSR count). The van der Waals surface area contributed by atoms with Crippen molar-refractivity contribution >= 4 is 17.5 Å². The monoisotopic (exact) mass is 390 g/mol. The molecule has 1 fully saturated rings. The summed E-state index contributed by atoms with van der Waals surface area (Å²) in [5.41, 5.74) is 0.827. The molecule has 1 aliphatic heterocycles. The molecular formula is C21H21F3N2O2. The van der Waals surface area contributed by atoms with E-state index in [1.807, 2.05) is 19.1 Å². The van der Waals surface area contributed by atoms with Crippen molar-refractivity contribution in [2.24, 2.45) is 5.92 Å². The van der Waals surface area contributed by atoms with Gasteiger partial charge in [-0.05, 0) is 50.1 Å². The van der Waals surface area contributed by atoms with E-state index in [-0.39, 0.29) is 24.0 Å². The summed E-state index contributed by atoms with van der Waals surface area (Å²) in [5, 5.41) is 2.56. The van der Waals surface area contributed by atoms with Gasteiger partial charge in [0.2, 0.25) is 5.91 Å². The fourth-order valence-corrected chi connectivity index (χ4v) is 3.35. The third-order valence-electron chi connectivity index (χ3n) is 4.80. The first-order valence-corrected chi connectivity index (χ1v) is 9.08. The van der Waals surface area contributed by atoms with Crippen LogP contribution in [0.5, 0.6) is 0 Å². The number of nitrogens with zero attached hydrogens (tertiary/aromatic N) is 1. The largest absolute Gasteiger partial charge is 0.416 e. The van der Waals surface area contributed by atoms with E-state index in [0.29, 0.717) is 24.9 Å². The molecule has 1 atom stereocenters. The van der Waals surface area contributed by atoms with E-state index in [4.69, 9.17) is 0 Å². The van der Waals surface area contributed by atoms with E-state index in [9.17, 15) is 22.8 Å². The molecule has 0 unspecified atom stereocenters. The van der Waals surface area contributed by atoms with Crippen molar-refractivity contribution in [1.29, 1.82) is 0 Å².